The topological polar surface area (TPSA) is 102 Å². The average Bonchev–Trinajstić information content (AvgIpc) is 3.12. The van der Waals surface area contributed by atoms with Gasteiger partial charge < -0.3 is 25.5 Å². The van der Waals surface area contributed by atoms with Gasteiger partial charge in [-0.3, -0.25) is 9.79 Å². The highest BCUT2D eigenvalue weighted by Gasteiger charge is 2.09. The van der Waals surface area contributed by atoms with E-state index in [-0.39, 0.29) is 5.76 Å². The molecule has 7 nitrogen and oxygen atoms in total. The Hall–Kier alpha value is -2.96. The molecule has 0 spiro atoms. The molecule has 0 aliphatic heterocycles. The maximum atomic E-state index is 11.1. The average molecular weight is 386 g/mol. The van der Waals surface area contributed by atoms with E-state index in [4.69, 9.17) is 14.9 Å². The lowest BCUT2D eigenvalue weighted by Crippen LogP contribution is -2.36. The maximum Gasteiger partial charge on any atom is 0.284 e. The van der Waals surface area contributed by atoms with Gasteiger partial charge >= 0.3 is 0 Å². The summed E-state index contributed by atoms with van der Waals surface area (Å²) in [6, 6.07) is 9.45. The van der Waals surface area contributed by atoms with Crippen LogP contribution in [0.25, 0.3) is 0 Å². The Morgan fingerprint density at radius 3 is 2.61 bits per heavy atom. The number of nitrogens with zero attached hydrogens (tertiary/aromatic N) is 1. The quantitative estimate of drug-likeness (QED) is 0.454. The first-order chi connectivity index (χ1) is 13.4. The van der Waals surface area contributed by atoms with Crippen LogP contribution in [0.3, 0.4) is 0 Å². The Morgan fingerprint density at radius 2 is 1.96 bits per heavy atom. The molecule has 1 aromatic carbocycles. The van der Waals surface area contributed by atoms with Crippen LogP contribution in [0.2, 0.25) is 0 Å². The second-order valence-electron chi connectivity index (χ2n) is 7.05. The first kappa shape index (κ1) is 21.3. The summed E-state index contributed by atoms with van der Waals surface area (Å²) in [5, 5.41) is 6.42. The number of guanidine groups is 1. The van der Waals surface area contributed by atoms with Gasteiger partial charge in [0.1, 0.15) is 11.5 Å². The molecule has 1 amide bonds. The molecule has 2 aromatic rings. The van der Waals surface area contributed by atoms with Crippen LogP contribution in [0.15, 0.2) is 39.7 Å². The van der Waals surface area contributed by atoms with Crippen LogP contribution in [0.4, 0.5) is 0 Å². The fourth-order valence-corrected chi connectivity index (χ4v) is 2.52. The number of primary amides is 1. The molecule has 0 atom stereocenters. The van der Waals surface area contributed by atoms with Gasteiger partial charge in [0.2, 0.25) is 0 Å². The van der Waals surface area contributed by atoms with Crippen molar-refractivity contribution in [1.82, 2.24) is 10.6 Å². The second kappa shape index (κ2) is 10.4. The summed E-state index contributed by atoms with van der Waals surface area (Å²) in [6.07, 6.45) is 1.01. The number of hydrogen-bond acceptors (Lipinski definition) is 4. The number of carbonyl (C=O) groups excluding carboxylic acids is 1. The summed E-state index contributed by atoms with van der Waals surface area (Å²) < 4.78 is 11.3. The molecule has 0 radical (unpaired) electrons. The third-order valence-electron chi connectivity index (χ3n) is 4.18. The first-order valence-corrected chi connectivity index (χ1v) is 9.44. The van der Waals surface area contributed by atoms with Gasteiger partial charge in [-0.05, 0) is 43.0 Å². The Labute approximate surface area is 166 Å². The molecule has 2 rings (SSSR count). The van der Waals surface area contributed by atoms with Crippen molar-refractivity contribution in [3.05, 3.63) is 53.0 Å². The number of benzene rings is 1. The Kier molecular flexibility index (Phi) is 7.92. The Bertz CT molecular complexity index is 812. The SMILES string of the molecule is CN=C(NCc1ccc(C(N)=O)o1)NCc1ccc(C)cc1OCCC(C)C. The summed E-state index contributed by atoms with van der Waals surface area (Å²) in [6.45, 7) is 8.07. The number of nitrogens with one attached hydrogen (secondary N) is 2. The molecule has 0 unspecified atom stereocenters. The van der Waals surface area contributed by atoms with Crippen LogP contribution in [0, 0.1) is 12.8 Å². The maximum absolute atomic E-state index is 11.1. The minimum Gasteiger partial charge on any atom is -0.493 e. The van der Waals surface area contributed by atoms with E-state index in [1.807, 2.05) is 0 Å². The number of nitrogens with two attached hydrogens (primary N) is 1. The van der Waals surface area contributed by atoms with Gasteiger partial charge in [0.05, 0.1) is 13.2 Å². The van der Waals surface area contributed by atoms with Crippen molar-refractivity contribution in [1.29, 1.82) is 0 Å². The Morgan fingerprint density at radius 1 is 1.21 bits per heavy atom. The van der Waals surface area contributed by atoms with Gasteiger partial charge in [-0.2, -0.15) is 0 Å². The standard InChI is InChI=1S/C21H30N4O3/c1-14(2)9-10-27-19-11-15(3)5-6-16(19)12-24-21(23-4)25-13-17-7-8-18(28-17)20(22)26/h5-8,11,14H,9-10,12-13H2,1-4H3,(H2,22,26)(H2,23,24,25). The number of aliphatic imine (C=N–C) groups is 1. The molecule has 152 valence electrons. The van der Waals surface area contributed by atoms with Crippen LogP contribution in [0.5, 0.6) is 5.75 Å². The van der Waals surface area contributed by atoms with E-state index in [0.29, 0.717) is 37.3 Å². The zero-order valence-electron chi connectivity index (χ0n) is 17.0. The van der Waals surface area contributed by atoms with Crippen molar-refractivity contribution < 1.29 is 13.9 Å². The van der Waals surface area contributed by atoms with E-state index >= 15 is 0 Å². The second-order valence-corrected chi connectivity index (χ2v) is 7.05. The van der Waals surface area contributed by atoms with Crippen LogP contribution in [-0.4, -0.2) is 25.5 Å². The van der Waals surface area contributed by atoms with E-state index in [2.05, 4.69) is 54.6 Å². The molecule has 0 saturated carbocycles. The third-order valence-corrected chi connectivity index (χ3v) is 4.18. The minimum atomic E-state index is -0.585. The van der Waals surface area contributed by atoms with Crippen molar-refractivity contribution in [2.75, 3.05) is 13.7 Å². The van der Waals surface area contributed by atoms with Crippen molar-refractivity contribution in [2.45, 2.75) is 40.3 Å². The van der Waals surface area contributed by atoms with Gasteiger partial charge in [-0.25, -0.2) is 0 Å². The zero-order chi connectivity index (χ0) is 20.5. The molecule has 28 heavy (non-hydrogen) atoms. The lowest BCUT2D eigenvalue weighted by Gasteiger charge is -2.16. The third kappa shape index (κ3) is 6.64. The normalized spacial score (nSPS) is 11.5. The van der Waals surface area contributed by atoms with Crippen molar-refractivity contribution in [3.8, 4) is 5.75 Å². The van der Waals surface area contributed by atoms with Crippen LogP contribution < -0.4 is 21.1 Å². The number of rotatable bonds is 9. The molecule has 4 N–H and O–H groups in total. The smallest absolute Gasteiger partial charge is 0.284 e. The zero-order valence-corrected chi connectivity index (χ0v) is 17.0. The van der Waals surface area contributed by atoms with Crippen molar-refractivity contribution in [2.24, 2.45) is 16.6 Å². The number of furan rings is 1. The first-order valence-electron chi connectivity index (χ1n) is 9.44. The highest BCUT2D eigenvalue weighted by molar-refractivity contribution is 5.89. The van der Waals surface area contributed by atoms with Crippen LogP contribution in [0.1, 0.15) is 47.7 Å². The van der Waals surface area contributed by atoms with Gasteiger partial charge in [-0.1, -0.05) is 26.0 Å². The number of aryl methyl sites for hydroxylation is 1. The fraction of sp³-hybridized carbons (Fsp3) is 0.429. The highest BCUT2D eigenvalue weighted by Crippen LogP contribution is 2.21. The summed E-state index contributed by atoms with van der Waals surface area (Å²) in [5.74, 6) is 2.27. The number of amides is 1. The van der Waals surface area contributed by atoms with Gasteiger partial charge in [0, 0.05) is 19.2 Å². The molecule has 0 fully saturated rings. The predicted molar refractivity (Wildman–Crippen MR) is 110 cm³/mol. The van der Waals surface area contributed by atoms with Crippen LogP contribution >= 0.6 is 0 Å². The van der Waals surface area contributed by atoms with E-state index in [9.17, 15) is 4.79 Å². The number of hydrogen-bond donors (Lipinski definition) is 3. The van der Waals surface area contributed by atoms with Gasteiger partial charge in [-0.15, -0.1) is 0 Å². The Balaban J connectivity index is 1.92. The molecule has 0 aliphatic carbocycles. The summed E-state index contributed by atoms with van der Waals surface area (Å²) >= 11 is 0. The highest BCUT2D eigenvalue weighted by atomic mass is 16.5. The largest absolute Gasteiger partial charge is 0.493 e. The van der Waals surface area contributed by atoms with Crippen LogP contribution in [-0.2, 0) is 13.1 Å². The molecular weight excluding hydrogens is 356 g/mol. The fourth-order valence-electron chi connectivity index (χ4n) is 2.52. The molecule has 0 bridgehead atoms. The molecule has 0 aliphatic rings. The van der Waals surface area contributed by atoms with E-state index in [1.54, 1.807) is 19.2 Å². The lowest BCUT2D eigenvalue weighted by atomic mass is 10.1. The summed E-state index contributed by atoms with van der Waals surface area (Å²) in [7, 11) is 1.70. The molecular formula is C21H30N4O3. The van der Waals surface area contributed by atoms with Gasteiger partial charge in [0.15, 0.2) is 11.7 Å². The monoisotopic (exact) mass is 386 g/mol. The van der Waals surface area contributed by atoms with Gasteiger partial charge in [0.25, 0.3) is 5.91 Å². The lowest BCUT2D eigenvalue weighted by molar-refractivity contribution is 0.0972. The van der Waals surface area contributed by atoms with Crippen molar-refractivity contribution in [3.63, 3.8) is 0 Å². The van der Waals surface area contributed by atoms with E-state index < -0.39 is 5.91 Å². The minimum absolute atomic E-state index is 0.141. The molecule has 1 aromatic heterocycles. The van der Waals surface area contributed by atoms with Crippen molar-refractivity contribution >= 4 is 11.9 Å². The summed E-state index contributed by atoms with van der Waals surface area (Å²) in [4.78, 5) is 15.3. The summed E-state index contributed by atoms with van der Waals surface area (Å²) in [5.41, 5.74) is 7.42. The molecule has 0 saturated heterocycles. The number of ether oxygens (including phenoxy) is 1. The van der Waals surface area contributed by atoms with E-state index in [1.165, 1.54) is 0 Å². The number of carbonyl (C=O) groups is 1. The predicted octanol–water partition coefficient (Wildman–Crippen LogP) is 2.98. The van der Waals surface area contributed by atoms with E-state index in [0.717, 1.165) is 23.3 Å². The molecule has 1 heterocycles. The molecule has 7 heteroatoms.